The number of carbonyl (C=O) groups is 2. The van der Waals surface area contributed by atoms with Gasteiger partial charge in [0.25, 0.3) is 11.5 Å². The summed E-state index contributed by atoms with van der Waals surface area (Å²) < 4.78 is 25.2. The van der Waals surface area contributed by atoms with E-state index >= 15 is 0 Å². The molecule has 10 nitrogen and oxygen atoms in total. The van der Waals surface area contributed by atoms with Crippen LogP contribution in [0, 0.1) is 12.3 Å². The van der Waals surface area contributed by atoms with Crippen LogP contribution in [-0.2, 0) is 27.7 Å². The second-order valence-corrected chi connectivity index (χ2v) is 12.0. The lowest BCUT2D eigenvalue weighted by Crippen LogP contribution is -2.41. The summed E-state index contributed by atoms with van der Waals surface area (Å²) in [5, 5.41) is 12.3. The van der Waals surface area contributed by atoms with Crippen LogP contribution in [0.15, 0.2) is 52.3 Å². The van der Waals surface area contributed by atoms with Crippen LogP contribution in [0.3, 0.4) is 0 Å². The molecule has 0 atom stereocenters. The number of nitrogens with zero attached hydrogens (tertiary/aromatic N) is 3. The van der Waals surface area contributed by atoms with E-state index in [0.717, 1.165) is 21.9 Å². The highest BCUT2D eigenvalue weighted by Crippen LogP contribution is 2.18. The average molecular weight is 529 g/mol. The summed E-state index contributed by atoms with van der Waals surface area (Å²) in [4.78, 5) is 45.0. The van der Waals surface area contributed by atoms with Crippen molar-refractivity contribution in [3.63, 3.8) is 0 Å². The highest BCUT2D eigenvalue weighted by Gasteiger charge is 2.24. The molecule has 37 heavy (non-hydrogen) atoms. The molecule has 11 heteroatoms. The Hall–Kier alpha value is -3.57. The second-order valence-electron chi connectivity index (χ2n) is 10.0. The average Bonchev–Trinajstić information content (AvgIpc) is 2.83. The van der Waals surface area contributed by atoms with E-state index in [1.165, 1.54) is 23.1 Å². The molecule has 0 saturated heterocycles. The van der Waals surface area contributed by atoms with E-state index in [0.29, 0.717) is 5.39 Å². The topological polar surface area (TPSA) is 139 Å². The van der Waals surface area contributed by atoms with Crippen LogP contribution in [0.1, 0.15) is 35.3 Å². The molecule has 0 aliphatic rings. The smallest absolute Gasteiger partial charge is 0.265 e. The fourth-order valence-electron chi connectivity index (χ4n) is 3.77. The Labute approximate surface area is 215 Å². The first-order chi connectivity index (χ1) is 17.2. The zero-order chi connectivity index (χ0) is 27.5. The first-order valence-corrected chi connectivity index (χ1v) is 13.5. The molecule has 0 unspecified atom stereocenters. The number of amides is 2. The lowest BCUT2D eigenvalue weighted by Gasteiger charge is -2.28. The first-order valence-electron chi connectivity index (χ1n) is 11.6. The molecule has 2 N–H and O–H groups in total. The minimum Gasteiger partial charge on any atom is -0.396 e. The lowest BCUT2D eigenvalue weighted by molar-refractivity contribution is -0.132. The van der Waals surface area contributed by atoms with Crippen LogP contribution < -0.4 is 10.9 Å². The molecular weight excluding hydrogens is 496 g/mol. The zero-order valence-corrected chi connectivity index (χ0v) is 22.4. The van der Waals surface area contributed by atoms with Gasteiger partial charge in [-0.2, -0.15) is 0 Å². The van der Waals surface area contributed by atoms with Crippen LogP contribution in [0.4, 0.5) is 0 Å². The Bertz CT molecular complexity index is 1490. The van der Waals surface area contributed by atoms with Gasteiger partial charge in [-0.25, -0.2) is 13.4 Å². The molecule has 2 amide bonds. The molecule has 3 aromatic rings. The van der Waals surface area contributed by atoms with Crippen molar-refractivity contribution in [2.24, 2.45) is 5.41 Å². The van der Waals surface area contributed by atoms with Crippen LogP contribution >= 0.6 is 0 Å². The fourth-order valence-corrected chi connectivity index (χ4v) is 4.33. The van der Waals surface area contributed by atoms with E-state index in [2.05, 4.69) is 10.3 Å². The third-order valence-corrected chi connectivity index (χ3v) is 6.91. The third-order valence-electron chi connectivity index (χ3n) is 5.92. The number of pyridine rings is 2. The van der Waals surface area contributed by atoms with Crippen molar-refractivity contribution in [2.45, 2.75) is 38.9 Å². The zero-order valence-electron chi connectivity index (χ0n) is 21.6. The van der Waals surface area contributed by atoms with Gasteiger partial charge in [-0.05, 0) is 30.7 Å². The number of fused-ring (bicyclic) bond motifs is 1. The number of aliphatic hydroxyl groups is 1. The SMILES string of the molecule is Cc1ccc(CNC(=O)c2cc3ccc(S(C)(=O)=O)nc3n(CC(=O)N(C)CC(C)(C)CO)c2=O)cc1. The highest BCUT2D eigenvalue weighted by atomic mass is 32.2. The highest BCUT2D eigenvalue weighted by molar-refractivity contribution is 7.90. The number of nitrogens with one attached hydrogen (secondary N) is 1. The van der Waals surface area contributed by atoms with E-state index < -0.39 is 39.2 Å². The van der Waals surface area contributed by atoms with Gasteiger partial charge in [0.1, 0.15) is 17.8 Å². The number of aryl methyl sites for hydroxylation is 1. The van der Waals surface area contributed by atoms with Crippen LogP contribution in [-0.4, -0.2) is 66.2 Å². The molecule has 3 rings (SSSR count). The molecule has 0 spiro atoms. The number of rotatable bonds is 9. The van der Waals surface area contributed by atoms with Crippen molar-refractivity contribution in [3.8, 4) is 0 Å². The summed E-state index contributed by atoms with van der Waals surface area (Å²) in [6.07, 6.45) is 0.992. The normalized spacial score (nSPS) is 11.9. The van der Waals surface area contributed by atoms with Gasteiger partial charge in [0, 0.05) is 43.8 Å². The van der Waals surface area contributed by atoms with Gasteiger partial charge in [0.05, 0.1) is 0 Å². The maximum absolute atomic E-state index is 13.4. The molecule has 198 valence electrons. The molecular formula is C26H32N4O6S. The molecule has 2 aromatic heterocycles. The molecule has 0 fully saturated rings. The summed E-state index contributed by atoms with van der Waals surface area (Å²) >= 11 is 0. The maximum Gasteiger partial charge on any atom is 0.265 e. The lowest BCUT2D eigenvalue weighted by atomic mass is 9.94. The van der Waals surface area contributed by atoms with Gasteiger partial charge in [-0.3, -0.25) is 19.0 Å². The van der Waals surface area contributed by atoms with Crippen molar-refractivity contribution in [2.75, 3.05) is 26.5 Å². The van der Waals surface area contributed by atoms with Gasteiger partial charge in [-0.1, -0.05) is 43.7 Å². The second kappa shape index (κ2) is 10.8. The van der Waals surface area contributed by atoms with Gasteiger partial charge in [0.2, 0.25) is 5.91 Å². The molecule has 0 saturated carbocycles. The Kier molecular flexibility index (Phi) is 8.19. The fraction of sp³-hybridized carbons (Fsp3) is 0.385. The molecule has 2 heterocycles. The Balaban J connectivity index is 2.03. The van der Waals surface area contributed by atoms with Crippen LogP contribution in [0.2, 0.25) is 0 Å². The molecule has 0 radical (unpaired) electrons. The predicted octanol–water partition coefficient (Wildman–Crippen LogP) is 1.52. The van der Waals surface area contributed by atoms with E-state index in [1.54, 1.807) is 20.9 Å². The van der Waals surface area contributed by atoms with E-state index in [4.69, 9.17) is 0 Å². The van der Waals surface area contributed by atoms with E-state index in [9.17, 15) is 27.9 Å². The summed E-state index contributed by atoms with van der Waals surface area (Å²) in [6, 6.07) is 11.7. The summed E-state index contributed by atoms with van der Waals surface area (Å²) in [6.45, 7) is 5.32. The number of aliphatic hydroxyl groups excluding tert-OH is 1. The third kappa shape index (κ3) is 6.80. The number of sulfone groups is 1. The maximum atomic E-state index is 13.4. The van der Waals surface area contributed by atoms with Crippen molar-refractivity contribution in [3.05, 3.63) is 69.5 Å². The molecule has 0 aliphatic carbocycles. The molecule has 0 aliphatic heterocycles. The number of aromatic nitrogens is 2. The number of benzene rings is 1. The summed E-state index contributed by atoms with van der Waals surface area (Å²) in [5.74, 6) is -1.09. The van der Waals surface area contributed by atoms with Crippen LogP contribution in [0.25, 0.3) is 11.0 Å². The monoisotopic (exact) mass is 528 g/mol. The van der Waals surface area contributed by atoms with Gasteiger partial charge in [0.15, 0.2) is 14.9 Å². The standard InChI is InChI=1S/C26H32N4O6S/c1-17-6-8-18(9-7-17)13-27-24(33)20-12-19-10-11-21(37(5,35)36)28-23(19)30(25(20)34)14-22(32)29(4)15-26(2,3)16-31/h6-12,31H,13-16H2,1-5H3,(H,27,33). The predicted molar refractivity (Wildman–Crippen MR) is 140 cm³/mol. The first kappa shape index (κ1) is 28.0. The van der Waals surface area contributed by atoms with Gasteiger partial charge < -0.3 is 15.3 Å². The Morgan fingerprint density at radius 3 is 2.38 bits per heavy atom. The summed E-state index contributed by atoms with van der Waals surface area (Å²) in [5.41, 5.74) is 0.367. The number of likely N-dealkylation sites (N-methyl/N-ethyl adjacent to an activating group) is 1. The van der Waals surface area contributed by atoms with E-state index in [1.807, 2.05) is 31.2 Å². The van der Waals surface area contributed by atoms with Gasteiger partial charge in [-0.15, -0.1) is 0 Å². The number of hydrogen-bond donors (Lipinski definition) is 2. The van der Waals surface area contributed by atoms with E-state index in [-0.39, 0.29) is 35.9 Å². The van der Waals surface area contributed by atoms with Crippen LogP contribution in [0.5, 0.6) is 0 Å². The largest absolute Gasteiger partial charge is 0.396 e. The van der Waals surface area contributed by atoms with Crippen molar-refractivity contribution in [1.29, 1.82) is 0 Å². The van der Waals surface area contributed by atoms with Crippen molar-refractivity contribution >= 4 is 32.7 Å². The van der Waals surface area contributed by atoms with Gasteiger partial charge >= 0.3 is 0 Å². The van der Waals surface area contributed by atoms with Crippen molar-refractivity contribution in [1.82, 2.24) is 19.8 Å². The molecule has 0 bridgehead atoms. The Morgan fingerprint density at radius 2 is 1.78 bits per heavy atom. The quantitative estimate of drug-likeness (QED) is 0.429. The minimum absolute atomic E-state index is 0.0221. The Morgan fingerprint density at radius 1 is 1.14 bits per heavy atom. The summed E-state index contributed by atoms with van der Waals surface area (Å²) in [7, 11) is -2.15. The molecule has 1 aromatic carbocycles. The number of hydrogen-bond acceptors (Lipinski definition) is 7. The van der Waals surface area contributed by atoms with Crippen molar-refractivity contribution < 1.29 is 23.1 Å². The minimum atomic E-state index is -3.69. The number of carbonyl (C=O) groups excluding carboxylic acids is 2.